The van der Waals surface area contributed by atoms with E-state index in [9.17, 15) is 0 Å². The molecule has 0 fully saturated rings. The maximum absolute atomic E-state index is 6.09. The molecular weight excluding hydrogens is 443 g/mol. The van der Waals surface area contributed by atoms with Crippen LogP contribution in [-0.4, -0.2) is 12.1 Å². The Morgan fingerprint density at radius 3 is 2.76 bits per heavy atom. The van der Waals surface area contributed by atoms with Crippen LogP contribution in [0.1, 0.15) is 10.4 Å². The fraction of sp³-hybridized carbons (Fsp3) is 0.167. The SMILES string of the molecule is COc1ccc(Br)c2c1-c1nc(Nc3ccc(Cl)c(Cl)c3)sc1CC2. The zero-order valence-electron chi connectivity index (χ0n) is 13.2. The Morgan fingerprint density at radius 1 is 1.16 bits per heavy atom. The smallest absolute Gasteiger partial charge is 0.187 e. The molecule has 1 aromatic heterocycles. The third-order valence-corrected chi connectivity index (χ3v) is 6.66. The van der Waals surface area contributed by atoms with Crippen LogP contribution in [0.15, 0.2) is 34.8 Å². The lowest BCUT2D eigenvalue weighted by Crippen LogP contribution is -2.05. The Morgan fingerprint density at radius 2 is 2.00 bits per heavy atom. The Labute approximate surface area is 168 Å². The molecule has 128 valence electrons. The summed E-state index contributed by atoms with van der Waals surface area (Å²) in [7, 11) is 1.69. The molecule has 25 heavy (non-hydrogen) atoms. The number of anilines is 2. The highest BCUT2D eigenvalue weighted by Gasteiger charge is 2.26. The van der Waals surface area contributed by atoms with Crippen LogP contribution >= 0.6 is 50.5 Å². The van der Waals surface area contributed by atoms with Crippen molar-refractivity contribution in [3.8, 4) is 17.0 Å². The van der Waals surface area contributed by atoms with Crippen molar-refractivity contribution in [3.63, 3.8) is 0 Å². The molecule has 1 N–H and O–H groups in total. The number of nitrogens with one attached hydrogen (secondary N) is 1. The van der Waals surface area contributed by atoms with Crippen molar-refractivity contribution >= 4 is 61.3 Å². The first-order valence-corrected chi connectivity index (χ1v) is 10.0. The van der Waals surface area contributed by atoms with Crippen molar-refractivity contribution in [1.82, 2.24) is 4.98 Å². The van der Waals surface area contributed by atoms with Crippen molar-refractivity contribution in [3.05, 3.63) is 55.3 Å². The molecule has 0 atom stereocenters. The summed E-state index contributed by atoms with van der Waals surface area (Å²) in [4.78, 5) is 6.08. The van der Waals surface area contributed by atoms with E-state index in [0.29, 0.717) is 10.0 Å². The molecule has 4 rings (SSSR count). The summed E-state index contributed by atoms with van der Waals surface area (Å²) < 4.78 is 6.67. The number of fused-ring (bicyclic) bond motifs is 3. The van der Waals surface area contributed by atoms with Gasteiger partial charge in [-0.3, -0.25) is 0 Å². The van der Waals surface area contributed by atoms with Crippen molar-refractivity contribution in [2.45, 2.75) is 12.8 Å². The lowest BCUT2D eigenvalue weighted by molar-refractivity contribution is 0.415. The molecular formula is C18H13BrCl2N2OS. The lowest BCUT2D eigenvalue weighted by atomic mass is 9.93. The van der Waals surface area contributed by atoms with Crippen LogP contribution in [0, 0.1) is 0 Å². The Balaban J connectivity index is 1.75. The Bertz CT molecular complexity index is 974. The average Bonchev–Trinajstić information content (AvgIpc) is 3.01. The van der Waals surface area contributed by atoms with E-state index in [2.05, 4.69) is 21.2 Å². The zero-order chi connectivity index (χ0) is 17.6. The first kappa shape index (κ1) is 17.2. The van der Waals surface area contributed by atoms with E-state index in [1.54, 1.807) is 30.6 Å². The largest absolute Gasteiger partial charge is 0.496 e. The molecule has 1 heterocycles. The minimum absolute atomic E-state index is 0.518. The number of hydrogen-bond acceptors (Lipinski definition) is 4. The van der Waals surface area contributed by atoms with E-state index >= 15 is 0 Å². The molecule has 3 aromatic rings. The van der Waals surface area contributed by atoms with Crippen LogP contribution in [0.3, 0.4) is 0 Å². The molecule has 0 spiro atoms. The number of aryl methyl sites for hydroxylation is 1. The van der Waals surface area contributed by atoms with Crippen LogP contribution in [0.4, 0.5) is 10.8 Å². The first-order valence-electron chi connectivity index (χ1n) is 7.64. The molecule has 7 heteroatoms. The quantitative estimate of drug-likeness (QED) is 0.475. The van der Waals surface area contributed by atoms with Gasteiger partial charge >= 0.3 is 0 Å². The standard InChI is InChI=1S/C18H13BrCl2N2OS/c1-24-14-6-4-11(19)10-3-7-15-17(16(10)14)23-18(25-15)22-9-2-5-12(20)13(21)8-9/h2,4-6,8H,3,7H2,1H3,(H,22,23). The van der Waals surface area contributed by atoms with E-state index in [1.165, 1.54) is 10.4 Å². The molecule has 0 unspecified atom stereocenters. The van der Waals surface area contributed by atoms with E-state index < -0.39 is 0 Å². The zero-order valence-corrected chi connectivity index (χ0v) is 17.1. The third-order valence-electron chi connectivity index (χ3n) is 4.14. The summed E-state index contributed by atoms with van der Waals surface area (Å²) in [5, 5.41) is 5.21. The second kappa shape index (κ2) is 6.80. The van der Waals surface area contributed by atoms with Gasteiger partial charge in [0.15, 0.2) is 5.13 Å². The normalized spacial score (nSPS) is 12.5. The summed E-state index contributed by atoms with van der Waals surface area (Å²) in [6.07, 6.45) is 1.93. The fourth-order valence-electron chi connectivity index (χ4n) is 2.98. The number of thiazole rings is 1. The molecule has 0 saturated heterocycles. The maximum atomic E-state index is 6.09. The second-order valence-electron chi connectivity index (χ2n) is 5.65. The highest BCUT2D eigenvalue weighted by atomic mass is 79.9. The molecule has 0 saturated carbocycles. The van der Waals surface area contributed by atoms with Gasteiger partial charge in [0, 0.05) is 20.6 Å². The highest BCUT2D eigenvalue weighted by molar-refractivity contribution is 9.10. The molecule has 0 bridgehead atoms. The molecule has 1 aliphatic carbocycles. The van der Waals surface area contributed by atoms with Gasteiger partial charge in [-0.05, 0) is 48.7 Å². The summed E-state index contributed by atoms with van der Waals surface area (Å²) >= 11 is 17.4. The van der Waals surface area contributed by atoms with Gasteiger partial charge in [0.05, 0.1) is 22.8 Å². The molecule has 0 radical (unpaired) electrons. The van der Waals surface area contributed by atoms with Gasteiger partial charge in [-0.25, -0.2) is 4.98 Å². The van der Waals surface area contributed by atoms with Gasteiger partial charge in [0.25, 0.3) is 0 Å². The number of hydrogen-bond donors (Lipinski definition) is 1. The van der Waals surface area contributed by atoms with Gasteiger partial charge in [0.2, 0.25) is 0 Å². The summed E-state index contributed by atoms with van der Waals surface area (Å²) in [6.45, 7) is 0. The minimum atomic E-state index is 0.518. The van der Waals surface area contributed by atoms with Gasteiger partial charge in [-0.15, -0.1) is 11.3 Å². The van der Waals surface area contributed by atoms with Gasteiger partial charge in [0.1, 0.15) is 5.75 Å². The number of benzene rings is 2. The van der Waals surface area contributed by atoms with Crippen LogP contribution < -0.4 is 10.1 Å². The molecule has 3 nitrogen and oxygen atoms in total. The van der Waals surface area contributed by atoms with Crippen LogP contribution in [0.25, 0.3) is 11.3 Å². The topological polar surface area (TPSA) is 34.1 Å². The van der Waals surface area contributed by atoms with Gasteiger partial charge in [-0.2, -0.15) is 0 Å². The van der Waals surface area contributed by atoms with E-state index in [1.807, 2.05) is 18.2 Å². The number of nitrogens with zero attached hydrogens (tertiary/aromatic N) is 1. The van der Waals surface area contributed by atoms with Crippen molar-refractivity contribution in [1.29, 1.82) is 0 Å². The molecule has 1 aliphatic rings. The van der Waals surface area contributed by atoms with Gasteiger partial charge < -0.3 is 10.1 Å². The summed E-state index contributed by atoms with van der Waals surface area (Å²) in [5.74, 6) is 0.852. The van der Waals surface area contributed by atoms with Gasteiger partial charge in [-0.1, -0.05) is 39.1 Å². The second-order valence-corrected chi connectivity index (χ2v) is 8.40. The van der Waals surface area contributed by atoms with Crippen molar-refractivity contribution in [2.75, 3.05) is 12.4 Å². The van der Waals surface area contributed by atoms with E-state index in [0.717, 1.165) is 45.1 Å². The third kappa shape index (κ3) is 3.14. The number of rotatable bonds is 3. The highest BCUT2D eigenvalue weighted by Crippen LogP contribution is 2.45. The van der Waals surface area contributed by atoms with Crippen LogP contribution in [-0.2, 0) is 12.8 Å². The Kier molecular flexibility index (Phi) is 4.67. The number of halogens is 3. The number of methoxy groups -OCH3 is 1. The van der Waals surface area contributed by atoms with Crippen LogP contribution in [0.2, 0.25) is 10.0 Å². The van der Waals surface area contributed by atoms with Crippen LogP contribution in [0.5, 0.6) is 5.75 Å². The van der Waals surface area contributed by atoms with Crippen molar-refractivity contribution in [2.24, 2.45) is 0 Å². The molecule has 2 aromatic carbocycles. The predicted molar refractivity (Wildman–Crippen MR) is 109 cm³/mol. The number of ether oxygens (including phenoxy) is 1. The van der Waals surface area contributed by atoms with E-state index in [4.69, 9.17) is 32.9 Å². The lowest BCUT2D eigenvalue weighted by Gasteiger charge is -2.19. The van der Waals surface area contributed by atoms with E-state index in [-0.39, 0.29) is 0 Å². The fourth-order valence-corrected chi connectivity index (χ4v) is 4.80. The minimum Gasteiger partial charge on any atom is -0.496 e. The Hall–Kier alpha value is -1.27. The summed E-state index contributed by atoms with van der Waals surface area (Å²) in [6, 6.07) is 9.47. The first-order chi connectivity index (χ1) is 12.1. The predicted octanol–water partition coefficient (Wildman–Crippen LogP) is 6.73. The maximum Gasteiger partial charge on any atom is 0.187 e. The monoisotopic (exact) mass is 454 g/mol. The molecule has 0 aliphatic heterocycles. The number of aromatic nitrogens is 1. The van der Waals surface area contributed by atoms with Crippen molar-refractivity contribution < 1.29 is 4.74 Å². The molecule has 0 amide bonds. The summed E-state index contributed by atoms with van der Waals surface area (Å²) in [5.41, 5.74) is 4.18. The average molecular weight is 456 g/mol.